The highest BCUT2D eigenvalue weighted by Crippen LogP contribution is 2.20. The van der Waals surface area contributed by atoms with Gasteiger partial charge in [-0.05, 0) is 54.6 Å². The number of hydrogen-bond donors (Lipinski definition) is 1. The van der Waals surface area contributed by atoms with Crippen LogP contribution in [0, 0.1) is 5.92 Å². The normalized spacial score (nSPS) is 12.6. The molecule has 2 aromatic rings. The molecule has 1 atom stereocenters. The van der Waals surface area contributed by atoms with E-state index in [2.05, 4.69) is 60.5 Å². The van der Waals surface area contributed by atoms with Crippen molar-refractivity contribution >= 4 is 0 Å². The van der Waals surface area contributed by atoms with Crippen molar-refractivity contribution in [2.24, 2.45) is 5.92 Å². The van der Waals surface area contributed by atoms with Crippen LogP contribution >= 0.6 is 0 Å². The summed E-state index contributed by atoms with van der Waals surface area (Å²) in [5.74, 6) is 0.693. The smallest absolute Gasteiger partial charge is 0.0358 e. The van der Waals surface area contributed by atoms with Gasteiger partial charge < -0.3 is 5.32 Å². The Labute approximate surface area is 122 Å². The summed E-state index contributed by atoms with van der Waals surface area (Å²) in [6.45, 7) is 4.53. The fourth-order valence-electron chi connectivity index (χ4n) is 2.55. The SMILES string of the molecule is CNC(Cc1ccncc1)c1cccc(CC(C)C)c1. The average Bonchev–Trinajstić information content (AvgIpc) is 2.45. The summed E-state index contributed by atoms with van der Waals surface area (Å²) in [6.07, 6.45) is 5.85. The first kappa shape index (κ1) is 14.7. The van der Waals surface area contributed by atoms with Crippen LogP contribution in [0.2, 0.25) is 0 Å². The van der Waals surface area contributed by atoms with Crippen molar-refractivity contribution in [3.63, 3.8) is 0 Å². The van der Waals surface area contributed by atoms with Crippen LogP contribution in [0.15, 0.2) is 48.8 Å². The first-order chi connectivity index (χ1) is 9.69. The Kier molecular flexibility index (Phi) is 5.31. The van der Waals surface area contributed by atoms with Crippen molar-refractivity contribution in [1.82, 2.24) is 10.3 Å². The first-order valence-electron chi connectivity index (χ1n) is 7.34. The fraction of sp³-hybridized carbons (Fsp3) is 0.389. The van der Waals surface area contributed by atoms with Gasteiger partial charge in [0.05, 0.1) is 0 Å². The second-order valence-corrected chi connectivity index (χ2v) is 5.74. The molecule has 0 saturated carbocycles. The van der Waals surface area contributed by atoms with Gasteiger partial charge in [-0.3, -0.25) is 4.98 Å². The number of nitrogens with one attached hydrogen (secondary N) is 1. The number of hydrogen-bond acceptors (Lipinski definition) is 2. The minimum Gasteiger partial charge on any atom is -0.313 e. The van der Waals surface area contributed by atoms with E-state index in [4.69, 9.17) is 0 Å². The van der Waals surface area contributed by atoms with Crippen LogP contribution in [0.4, 0.5) is 0 Å². The van der Waals surface area contributed by atoms with Gasteiger partial charge in [-0.15, -0.1) is 0 Å². The highest BCUT2D eigenvalue weighted by atomic mass is 14.9. The predicted octanol–water partition coefficient (Wildman–Crippen LogP) is 3.78. The Morgan fingerprint density at radius 1 is 1.00 bits per heavy atom. The van der Waals surface area contributed by atoms with E-state index >= 15 is 0 Å². The Hall–Kier alpha value is -1.67. The molecule has 0 spiro atoms. The quantitative estimate of drug-likeness (QED) is 0.862. The maximum absolute atomic E-state index is 4.08. The summed E-state index contributed by atoms with van der Waals surface area (Å²) in [5.41, 5.74) is 4.10. The van der Waals surface area contributed by atoms with Crippen LogP contribution in [0.1, 0.15) is 36.6 Å². The van der Waals surface area contributed by atoms with Gasteiger partial charge in [0, 0.05) is 18.4 Å². The Balaban J connectivity index is 2.15. The van der Waals surface area contributed by atoms with E-state index in [1.165, 1.54) is 16.7 Å². The van der Waals surface area contributed by atoms with Crippen LogP contribution < -0.4 is 5.32 Å². The van der Waals surface area contributed by atoms with E-state index in [9.17, 15) is 0 Å². The number of aromatic nitrogens is 1. The summed E-state index contributed by atoms with van der Waals surface area (Å²) in [7, 11) is 2.03. The van der Waals surface area contributed by atoms with E-state index in [1.54, 1.807) is 0 Å². The van der Waals surface area contributed by atoms with Gasteiger partial charge in [0.25, 0.3) is 0 Å². The van der Waals surface area contributed by atoms with E-state index in [1.807, 2.05) is 19.4 Å². The maximum atomic E-state index is 4.08. The molecule has 1 aromatic heterocycles. The summed E-state index contributed by atoms with van der Waals surface area (Å²) in [4.78, 5) is 4.08. The number of pyridine rings is 1. The molecule has 106 valence electrons. The molecule has 1 aromatic carbocycles. The Bertz CT molecular complexity index is 520. The predicted molar refractivity (Wildman–Crippen MR) is 84.7 cm³/mol. The lowest BCUT2D eigenvalue weighted by atomic mass is 9.95. The van der Waals surface area contributed by atoms with E-state index < -0.39 is 0 Å². The van der Waals surface area contributed by atoms with Crippen molar-refractivity contribution in [2.45, 2.75) is 32.7 Å². The molecule has 2 nitrogen and oxygen atoms in total. The van der Waals surface area contributed by atoms with Gasteiger partial charge in [-0.25, -0.2) is 0 Å². The highest BCUT2D eigenvalue weighted by molar-refractivity contribution is 5.28. The second-order valence-electron chi connectivity index (χ2n) is 5.74. The van der Waals surface area contributed by atoms with Crippen molar-refractivity contribution in [2.75, 3.05) is 7.05 Å². The first-order valence-corrected chi connectivity index (χ1v) is 7.34. The van der Waals surface area contributed by atoms with Crippen LogP contribution in [0.3, 0.4) is 0 Å². The van der Waals surface area contributed by atoms with Crippen molar-refractivity contribution in [3.8, 4) is 0 Å². The van der Waals surface area contributed by atoms with Crippen LogP contribution in [-0.2, 0) is 12.8 Å². The largest absolute Gasteiger partial charge is 0.313 e. The van der Waals surface area contributed by atoms with Gasteiger partial charge in [-0.2, -0.15) is 0 Å². The molecule has 0 radical (unpaired) electrons. The van der Waals surface area contributed by atoms with E-state index in [0.717, 1.165) is 12.8 Å². The molecular formula is C18H24N2. The summed E-state index contributed by atoms with van der Waals surface area (Å²) in [5, 5.41) is 3.43. The third kappa shape index (κ3) is 4.17. The minimum atomic E-state index is 0.351. The summed E-state index contributed by atoms with van der Waals surface area (Å²) < 4.78 is 0. The molecular weight excluding hydrogens is 244 g/mol. The summed E-state index contributed by atoms with van der Waals surface area (Å²) >= 11 is 0. The lowest BCUT2D eigenvalue weighted by Crippen LogP contribution is -2.19. The van der Waals surface area contributed by atoms with Crippen molar-refractivity contribution < 1.29 is 0 Å². The molecule has 0 aliphatic heterocycles. The molecule has 0 saturated heterocycles. The highest BCUT2D eigenvalue weighted by Gasteiger charge is 2.11. The lowest BCUT2D eigenvalue weighted by molar-refractivity contribution is 0.588. The molecule has 1 N–H and O–H groups in total. The van der Waals surface area contributed by atoms with Crippen molar-refractivity contribution in [3.05, 3.63) is 65.5 Å². The average molecular weight is 268 g/mol. The standard InChI is InChI=1S/C18H24N2/c1-14(2)11-16-5-4-6-17(12-16)18(19-3)13-15-7-9-20-10-8-15/h4-10,12,14,18-19H,11,13H2,1-3H3. The second kappa shape index (κ2) is 7.20. The third-order valence-corrected chi connectivity index (χ3v) is 3.54. The van der Waals surface area contributed by atoms with E-state index in [0.29, 0.717) is 12.0 Å². The number of nitrogens with zero attached hydrogens (tertiary/aromatic N) is 1. The maximum Gasteiger partial charge on any atom is 0.0358 e. The summed E-state index contributed by atoms with van der Waals surface area (Å²) in [6, 6.07) is 13.5. The fourth-order valence-corrected chi connectivity index (χ4v) is 2.55. The van der Waals surface area contributed by atoms with Gasteiger partial charge in [0.1, 0.15) is 0 Å². The number of likely N-dealkylation sites (N-methyl/N-ethyl adjacent to an activating group) is 1. The van der Waals surface area contributed by atoms with Crippen LogP contribution in [0.25, 0.3) is 0 Å². The van der Waals surface area contributed by atoms with Crippen LogP contribution in [0.5, 0.6) is 0 Å². The molecule has 2 rings (SSSR count). The van der Waals surface area contributed by atoms with Crippen LogP contribution in [-0.4, -0.2) is 12.0 Å². The zero-order valence-electron chi connectivity index (χ0n) is 12.6. The molecule has 0 aliphatic carbocycles. The van der Waals surface area contributed by atoms with Crippen molar-refractivity contribution in [1.29, 1.82) is 0 Å². The monoisotopic (exact) mass is 268 g/mol. The molecule has 1 unspecified atom stereocenters. The molecule has 0 amide bonds. The zero-order chi connectivity index (χ0) is 14.4. The minimum absolute atomic E-state index is 0.351. The molecule has 1 heterocycles. The molecule has 0 bridgehead atoms. The number of benzene rings is 1. The van der Waals surface area contributed by atoms with Gasteiger partial charge in [0.2, 0.25) is 0 Å². The van der Waals surface area contributed by atoms with Gasteiger partial charge in [-0.1, -0.05) is 38.1 Å². The van der Waals surface area contributed by atoms with E-state index in [-0.39, 0.29) is 0 Å². The molecule has 2 heteroatoms. The molecule has 20 heavy (non-hydrogen) atoms. The zero-order valence-corrected chi connectivity index (χ0v) is 12.6. The Morgan fingerprint density at radius 3 is 2.40 bits per heavy atom. The lowest BCUT2D eigenvalue weighted by Gasteiger charge is -2.18. The van der Waals surface area contributed by atoms with Gasteiger partial charge >= 0.3 is 0 Å². The molecule has 0 aliphatic rings. The number of rotatable bonds is 6. The molecule has 0 fully saturated rings. The Morgan fingerprint density at radius 2 is 1.75 bits per heavy atom. The third-order valence-electron chi connectivity index (χ3n) is 3.54. The topological polar surface area (TPSA) is 24.9 Å². The van der Waals surface area contributed by atoms with Gasteiger partial charge in [0.15, 0.2) is 0 Å².